The summed E-state index contributed by atoms with van der Waals surface area (Å²) in [4.78, 5) is 16.3. The number of rotatable bonds is 6. The molecular weight excluding hydrogens is 256 g/mol. The number of amides is 1. The number of carbonyl (C=O) groups excluding carboxylic acids is 1. The summed E-state index contributed by atoms with van der Waals surface area (Å²) in [5.41, 5.74) is 0.259. The van der Waals surface area contributed by atoms with E-state index in [-0.39, 0.29) is 30.2 Å². The smallest absolute Gasteiger partial charge is 0.274 e. The molecule has 1 aromatic heterocycles. The van der Waals surface area contributed by atoms with Crippen molar-refractivity contribution in [2.75, 3.05) is 13.2 Å². The molecular formula is C15H18N2O3. The van der Waals surface area contributed by atoms with Gasteiger partial charge in [0.25, 0.3) is 5.91 Å². The molecule has 1 aliphatic carbocycles. The molecule has 2 rings (SSSR count). The molecule has 5 nitrogen and oxygen atoms in total. The maximum atomic E-state index is 12.2. The van der Waals surface area contributed by atoms with E-state index in [0.717, 1.165) is 0 Å². The topological polar surface area (TPSA) is 71.5 Å². The summed E-state index contributed by atoms with van der Waals surface area (Å²) in [6.45, 7) is 3.99. The lowest BCUT2D eigenvalue weighted by molar-refractivity contribution is 0.0932. The molecule has 0 unspecified atom stereocenters. The first-order chi connectivity index (χ1) is 9.74. The second kappa shape index (κ2) is 6.86. The van der Waals surface area contributed by atoms with Crippen molar-refractivity contribution in [3.05, 3.63) is 48.8 Å². The molecule has 20 heavy (non-hydrogen) atoms. The molecule has 1 amide bonds. The molecule has 0 radical (unpaired) electrons. The molecule has 0 saturated carbocycles. The molecule has 1 aromatic rings. The van der Waals surface area contributed by atoms with Crippen LogP contribution in [0.1, 0.15) is 16.9 Å². The van der Waals surface area contributed by atoms with Crippen molar-refractivity contribution >= 4 is 5.91 Å². The van der Waals surface area contributed by atoms with Crippen molar-refractivity contribution in [3.8, 4) is 5.75 Å². The van der Waals surface area contributed by atoms with Crippen molar-refractivity contribution in [2.45, 2.75) is 12.5 Å². The van der Waals surface area contributed by atoms with Crippen LogP contribution in [0.5, 0.6) is 5.75 Å². The quantitative estimate of drug-likeness (QED) is 0.767. The zero-order chi connectivity index (χ0) is 14.4. The third kappa shape index (κ3) is 3.45. The van der Waals surface area contributed by atoms with E-state index in [4.69, 9.17) is 9.84 Å². The fourth-order valence-corrected chi connectivity index (χ4v) is 2.08. The van der Waals surface area contributed by atoms with Gasteiger partial charge in [-0.25, -0.2) is 4.98 Å². The van der Waals surface area contributed by atoms with E-state index < -0.39 is 0 Å². The summed E-state index contributed by atoms with van der Waals surface area (Å²) in [5, 5.41) is 11.9. The van der Waals surface area contributed by atoms with Gasteiger partial charge in [-0.05, 0) is 18.6 Å². The maximum absolute atomic E-state index is 12.2. The van der Waals surface area contributed by atoms with Gasteiger partial charge in [0.15, 0.2) is 11.4 Å². The predicted molar refractivity (Wildman–Crippen MR) is 75.5 cm³/mol. The van der Waals surface area contributed by atoms with Gasteiger partial charge in [-0.15, -0.1) is 0 Å². The Bertz CT molecular complexity index is 514. The van der Waals surface area contributed by atoms with Crippen LogP contribution in [0.15, 0.2) is 43.1 Å². The fraction of sp³-hybridized carbons (Fsp3) is 0.333. The van der Waals surface area contributed by atoms with Crippen LogP contribution in [0, 0.1) is 5.92 Å². The number of nitrogens with one attached hydrogen (secondary N) is 1. The van der Waals surface area contributed by atoms with Crippen molar-refractivity contribution < 1.29 is 14.6 Å². The van der Waals surface area contributed by atoms with Crippen molar-refractivity contribution in [2.24, 2.45) is 5.92 Å². The Balaban J connectivity index is 2.02. The van der Waals surface area contributed by atoms with Crippen LogP contribution < -0.4 is 10.1 Å². The number of ether oxygens (including phenoxy) is 1. The normalized spacial score (nSPS) is 20.6. The van der Waals surface area contributed by atoms with Gasteiger partial charge in [-0.1, -0.05) is 24.8 Å². The van der Waals surface area contributed by atoms with Gasteiger partial charge in [0.2, 0.25) is 0 Å². The average molecular weight is 274 g/mol. The number of pyridine rings is 1. The average Bonchev–Trinajstić information content (AvgIpc) is 2.93. The molecule has 1 heterocycles. The monoisotopic (exact) mass is 274 g/mol. The zero-order valence-electron chi connectivity index (χ0n) is 11.2. The number of hydrogen-bond acceptors (Lipinski definition) is 4. The van der Waals surface area contributed by atoms with Crippen LogP contribution in [0.4, 0.5) is 0 Å². The first kappa shape index (κ1) is 14.3. The maximum Gasteiger partial charge on any atom is 0.274 e. The molecule has 0 fully saturated rings. The third-order valence-electron chi connectivity index (χ3n) is 3.07. The van der Waals surface area contributed by atoms with Gasteiger partial charge < -0.3 is 15.2 Å². The minimum atomic E-state index is -0.280. The molecule has 0 saturated heterocycles. The molecule has 5 heteroatoms. The van der Waals surface area contributed by atoms with Crippen molar-refractivity contribution in [3.63, 3.8) is 0 Å². The summed E-state index contributed by atoms with van der Waals surface area (Å²) in [6.07, 6.45) is 7.68. The molecule has 1 aliphatic rings. The van der Waals surface area contributed by atoms with E-state index in [1.54, 1.807) is 24.4 Å². The Morgan fingerprint density at radius 1 is 1.60 bits per heavy atom. The molecule has 106 valence electrons. The fourth-order valence-electron chi connectivity index (χ4n) is 2.08. The van der Waals surface area contributed by atoms with Crippen LogP contribution >= 0.6 is 0 Å². The van der Waals surface area contributed by atoms with Gasteiger partial charge in [-0.2, -0.15) is 0 Å². The SMILES string of the molecule is C=CCOc1cccnc1C(=O)N[C@@H]1C=C[C@H](CO)C1. The lowest BCUT2D eigenvalue weighted by Crippen LogP contribution is -2.33. The molecule has 2 atom stereocenters. The standard InChI is InChI=1S/C15H18N2O3/c1-2-8-20-13-4-3-7-16-14(13)15(19)17-12-6-5-11(9-12)10-18/h2-7,11-12,18H,1,8-10H2,(H,17,19)/t11-,12+/m0/s1. The lowest BCUT2D eigenvalue weighted by Gasteiger charge is -2.14. The Morgan fingerprint density at radius 2 is 2.45 bits per heavy atom. The van der Waals surface area contributed by atoms with Crippen LogP contribution in [-0.4, -0.2) is 35.3 Å². The molecule has 0 aliphatic heterocycles. The van der Waals surface area contributed by atoms with E-state index in [0.29, 0.717) is 18.8 Å². The number of hydrogen-bond donors (Lipinski definition) is 2. The number of aromatic nitrogens is 1. The van der Waals surface area contributed by atoms with Gasteiger partial charge in [0, 0.05) is 24.8 Å². The molecule has 0 bridgehead atoms. The van der Waals surface area contributed by atoms with Crippen LogP contribution in [0.3, 0.4) is 0 Å². The minimum absolute atomic E-state index is 0.0751. The summed E-state index contributed by atoms with van der Waals surface area (Å²) < 4.78 is 5.41. The van der Waals surface area contributed by atoms with E-state index in [9.17, 15) is 4.79 Å². The summed E-state index contributed by atoms with van der Waals surface area (Å²) in [5.74, 6) is 0.268. The van der Waals surface area contributed by atoms with Gasteiger partial charge in [-0.3, -0.25) is 4.79 Å². The highest BCUT2D eigenvalue weighted by molar-refractivity contribution is 5.95. The number of carbonyl (C=O) groups is 1. The lowest BCUT2D eigenvalue weighted by atomic mass is 10.1. The Kier molecular flexibility index (Phi) is 4.90. The highest BCUT2D eigenvalue weighted by Crippen LogP contribution is 2.19. The minimum Gasteiger partial charge on any atom is -0.487 e. The van der Waals surface area contributed by atoms with Gasteiger partial charge >= 0.3 is 0 Å². The second-order valence-corrected chi connectivity index (χ2v) is 4.59. The zero-order valence-corrected chi connectivity index (χ0v) is 11.2. The van der Waals surface area contributed by atoms with Crippen molar-refractivity contribution in [1.82, 2.24) is 10.3 Å². The van der Waals surface area contributed by atoms with Crippen LogP contribution in [0.25, 0.3) is 0 Å². The van der Waals surface area contributed by atoms with E-state index in [1.165, 1.54) is 0 Å². The molecule has 0 spiro atoms. The van der Waals surface area contributed by atoms with Crippen LogP contribution in [-0.2, 0) is 0 Å². The summed E-state index contributed by atoms with van der Waals surface area (Å²) in [7, 11) is 0. The van der Waals surface area contributed by atoms with Crippen molar-refractivity contribution in [1.29, 1.82) is 0 Å². The first-order valence-electron chi connectivity index (χ1n) is 6.53. The van der Waals surface area contributed by atoms with E-state index in [2.05, 4.69) is 16.9 Å². The largest absolute Gasteiger partial charge is 0.487 e. The van der Waals surface area contributed by atoms with E-state index in [1.807, 2.05) is 12.2 Å². The molecule has 2 N–H and O–H groups in total. The summed E-state index contributed by atoms with van der Waals surface area (Å²) in [6, 6.07) is 3.34. The van der Waals surface area contributed by atoms with Gasteiger partial charge in [0.1, 0.15) is 6.61 Å². The Morgan fingerprint density at radius 3 is 3.15 bits per heavy atom. The summed E-state index contributed by atoms with van der Waals surface area (Å²) >= 11 is 0. The van der Waals surface area contributed by atoms with Crippen LogP contribution in [0.2, 0.25) is 0 Å². The Labute approximate surface area is 118 Å². The van der Waals surface area contributed by atoms with E-state index >= 15 is 0 Å². The highest BCUT2D eigenvalue weighted by Gasteiger charge is 2.22. The van der Waals surface area contributed by atoms with Gasteiger partial charge in [0.05, 0.1) is 0 Å². The Hall–Kier alpha value is -2.14. The number of aliphatic hydroxyl groups excluding tert-OH is 1. The predicted octanol–water partition coefficient (Wildman–Crippen LogP) is 1.31. The highest BCUT2D eigenvalue weighted by atomic mass is 16.5. The second-order valence-electron chi connectivity index (χ2n) is 4.59. The third-order valence-corrected chi connectivity index (χ3v) is 3.07. The first-order valence-corrected chi connectivity index (χ1v) is 6.53. The number of aliphatic hydroxyl groups is 1. The number of nitrogens with zero attached hydrogens (tertiary/aromatic N) is 1. The molecule has 0 aromatic carbocycles.